The third kappa shape index (κ3) is 6.18. The van der Waals surface area contributed by atoms with E-state index in [2.05, 4.69) is 38.2 Å². The molecule has 1 aliphatic rings. The van der Waals surface area contributed by atoms with Gasteiger partial charge >= 0.3 is 11.9 Å². The van der Waals surface area contributed by atoms with Gasteiger partial charge < -0.3 is 20.0 Å². The molecule has 0 saturated carbocycles. The van der Waals surface area contributed by atoms with Crippen LogP contribution in [0.5, 0.6) is 0 Å². The Morgan fingerprint density at radius 1 is 1.00 bits per heavy atom. The van der Waals surface area contributed by atoms with Crippen LogP contribution in [-0.4, -0.2) is 41.4 Å². The topological polar surface area (TPSA) is 114 Å². The van der Waals surface area contributed by atoms with Crippen molar-refractivity contribution in [2.45, 2.75) is 77.7 Å². The van der Waals surface area contributed by atoms with E-state index in [9.17, 15) is 19.5 Å². The van der Waals surface area contributed by atoms with E-state index in [0.29, 0.717) is 12.0 Å². The molecule has 1 amide bonds. The monoisotopic (exact) mass is 508 g/mol. The van der Waals surface area contributed by atoms with Crippen molar-refractivity contribution >= 4 is 29.2 Å². The first-order chi connectivity index (χ1) is 17.4. The maximum absolute atomic E-state index is 13.5. The van der Waals surface area contributed by atoms with Gasteiger partial charge in [0, 0.05) is 5.56 Å². The minimum absolute atomic E-state index is 0.0168. The van der Waals surface area contributed by atoms with Gasteiger partial charge in [-0.05, 0) is 66.3 Å². The summed E-state index contributed by atoms with van der Waals surface area (Å²) in [6.45, 7) is 12.4. The van der Waals surface area contributed by atoms with E-state index < -0.39 is 23.9 Å². The van der Waals surface area contributed by atoms with Gasteiger partial charge in [-0.2, -0.15) is 0 Å². The zero-order valence-electron chi connectivity index (χ0n) is 22.4. The Hall–Kier alpha value is -3.68. The Labute approximate surface area is 218 Å². The molecule has 0 bridgehead atoms. The number of oxime groups is 1. The van der Waals surface area contributed by atoms with Crippen molar-refractivity contribution in [2.24, 2.45) is 5.16 Å². The van der Waals surface area contributed by atoms with Gasteiger partial charge in [0.25, 0.3) is 5.91 Å². The number of nitrogens with one attached hydrogen (secondary N) is 1. The smallest absolute Gasteiger partial charge is 0.350 e. The number of nitrogens with zero attached hydrogens (tertiary/aromatic N) is 1. The zero-order chi connectivity index (χ0) is 27.4. The first-order valence-corrected chi connectivity index (χ1v) is 12.6. The summed E-state index contributed by atoms with van der Waals surface area (Å²) < 4.78 is 5.06. The largest absolute Gasteiger partial charge is 0.478 e. The highest BCUT2D eigenvalue weighted by Crippen LogP contribution is 2.46. The maximum atomic E-state index is 13.5. The molecule has 0 aromatic heterocycles. The van der Waals surface area contributed by atoms with Crippen molar-refractivity contribution < 1.29 is 29.1 Å². The molecule has 1 unspecified atom stereocenters. The number of carboxylic acids is 1. The molecule has 8 heteroatoms. The molecule has 0 spiro atoms. The SMILES string of the molecule is CCOC(=O)C(CC)ON=C(C(=O)Nc1ccccc1C(=O)O)c1ccc2c(c1)C(C)(C)CCC2(C)C. The third-order valence-corrected chi connectivity index (χ3v) is 6.94. The number of hydrogen-bond acceptors (Lipinski definition) is 6. The number of carbonyl (C=O) groups excluding carboxylic acids is 2. The fraction of sp³-hybridized carbons (Fsp3) is 0.448. The molecule has 2 aromatic rings. The van der Waals surface area contributed by atoms with E-state index in [1.165, 1.54) is 17.7 Å². The lowest BCUT2D eigenvalue weighted by Gasteiger charge is -2.42. The highest BCUT2D eigenvalue weighted by atomic mass is 16.7. The van der Waals surface area contributed by atoms with Crippen LogP contribution in [-0.2, 0) is 30.0 Å². The molecule has 0 fully saturated rings. The van der Waals surface area contributed by atoms with E-state index in [1.807, 2.05) is 18.2 Å². The van der Waals surface area contributed by atoms with Crippen molar-refractivity contribution in [2.75, 3.05) is 11.9 Å². The summed E-state index contributed by atoms with van der Waals surface area (Å²) in [5.74, 6) is -2.39. The molecule has 3 rings (SSSR count). The average molecular weight is 509 g/mol. The van der Waals surface area contributed by atoms with Crippen LogP contribution in [0.15, 0.2) is 47.6 Å². The first-order valence-electron chi connectivity index (χ1n) is 12.6. The number of esters is 1. The number of anilines is 1. The Balaban J connectivity index is 2.08. The molecular weight excluding hydrogens is 472 g/mol. The molecule has 0 saturated heterocycles. The normalized spacial score (nSPS) is 16.8. The van der Waals surface area contributed by atoms with Crippen molar-refractivity contribution in [3.63, 3.8) is 0 Å². The van der Waals surface area contributed by atoms with Gasteiger partial charge in [0.1, 0.15) is 0 Å². The number of rotatable bonds is 9. The van der Waals surface area contributed by atoms with Gasteiger partial charge in [0.2, 0.25) is 6.10 Å². The third-order valence-electron chi connectivity index (χ3n) is 6.94. The zero-order valence-corrected chi connectivity index (χ0v) is 22.4. The van der Waals surface area contributed by atoms with Gasteiger partial charge in [-0.1, -0.05) is 64.0 Å². The van der Waals surface area contributed by atoms with Crippen molar-refractivity contribution in [3.8, 4) is 0 Å². The van der Waals surface area contributed by atoms with Gasteiger partial charge in [-0.25, -0.2) is 9.59 Å². The van der Waals surface area contributed by atoms with Crippen LogP contribution in [0.1, 0.15) is 87.9 Å². The Morgan fingerprint density at radius 3 is 2.27 bits per heavy atom. The minimum atomic E-state index is -1.17. The second-order valence-electron chi connectivity index (χ2n) is 10.5. The molecule has 8 nitrogen and oxygen atoms in total. The van der Waals surface area contributed by atoms with Crippen LogP contribution in [0.25, 0.3) is 0 Å². The molecule has 1 atom stereocenters. The first kappa shape index (κ1) is 27.9. The summed E-state index contributed by atoms with van der Waals surface area (Å²) in [4.78, 5) is 43.0. The highest BCUT2D eigenvalue weighted by Gasteiger charge is 2.37. The number of benzene rings is 2. The Morgan fingerprint density at radius 2 is 1.65 bits per heavy atom. The maximum Gasteiger partial charge on any atom is 0.350 e. The van der Waals surface area contributed by atoms with E-state index in [1.54, 1.807) is 26.0 Å². The average Bonchev–Trinajstić information content (AvgIpc) is 2.85. The molecule has 0 aliphatic heterocycles. The second kappa shape index (κ2) is 11.2. The van der Waals surface area contributed by atoms with E-state index >= 15 is 0 Å². The molecule has 0 heterocycles. The van der Waals surface area contributed by atoms with Crippen LogP contribution >= 0.6 is 0 Å². The van der Waals surface area contributed by atoms with Gasteiger partial charge in [0.15, 0.2) is 5.71 Å². The Bertz CT molecular complexity index is 1210. The fourth-order valence-corrected chi connectivity index (χ4v) is 4.56. The number of carbonyl (C=O) groups is 3. The number of carboxylic acid groups (broad SMARTS) is 1. The number of hydrogen-bond donors (Lipinski definition) is 2. The second-order valence-corrected chi connectivity index (χ2v) is 10.5. The lowest BCUT2D eigenvalue weighted by molar-refractivity contribution is -0.157. The van der Waals surface area contributed by atoms with Crippen molar-refractivity contribution in [1.29, 1.82) is 0 Å². The number of para-hydroxylation sites is 1. The standard InChI is InChI=1S/C29H36N2O6/c1-7-23(27(35)36-8-2)37-31-24(25(32)30-22-12-10-9-11-19(22)26(33)34)18-13-14-20-21(17-18)29(5,6)16-15-28(20,3)4/h9-14,17,23H,7-8,15-16H2,1-6H3,(H,30,32)(H,33,34). The van der Waals surface area contributed by atoms with Crippen molar-refractivity contribution in [3.05, 3.63) is 64.7 Å². The summed E-state index contributed by atoms with van der Waals surface area (Å²) in [6.07, 6.45) is 1.34. The highest BCUT2D eigenvalue weighted by molar-refractivity contribution is 6.49. The molecular formula is C29H36N2O6. The molecule has 0 radical (unpaired) electrons. The molecule has 2 aromatic carbocycles. The minimum Gasteiger partial charge on any atom is -0.478 e. The van der Waals surface area contributed by atoms with Crippen LogP contribution in [0.4, 0.5) is 5.69 Å². The van der Waals surface area contributed by atoms with Crippen LogP contribution < -0.4 is 5.32 Å². The van der Waals surface area contributed by atoms with E-state index in [-0.39, 0.29) is 34.4 Å². The van der Waals surface area contributed by atoms with Crippen LogP contribution in [0, 0.1) is 0 Å². The van der Waals surface area contributed by atoms with Crippen LogP contribution in [0.2, 0.25) is 0 Å². The number of fused-ring (bicyclic) bond motifs is 1. The summed E-state index contributed by atoms with van der Waals surface area (Å²) >= 11 is 0. The van der Waals surface area contributed by atoms with Crippen LogP contribution in [0.3, 0.4) is 0 Å². The molecule has 198 valence electrons. The van der Waals surface area contributed by atoms with Gasteiger partial charge in [0.05, 0.1) is 17.9 Å². The number of ether oxygens (including phenoxy) is 1. The predicted molar refractivity (Wildman–Crippen MR) is 142 cm³/mol. The summed E-state index contributed by atoms with van der Waals surface area (Å²) in [7, 11) is 0. The quantitative estimate of drug-likeness (QED) is 0.265. The van der Waals surface area contributed by atoms with E-state index in [0.717, 1.165) is 18.4 Å². The van der Waals surface area contributed by atoms with E-state index in [4.69, 9.17) is 9.57 Å². The van der Waals surface area contributed by atoms with Crippen molar-refractivity contribution in [1.82, 2.24) is 0 Å². The lowest BCUT2D eigenvalue weighted by atomic mass is 9.63. The fourth-order valence-electron chi connectivity index (χ4n) is 4.56. The molecule has 1 aliphatic carbocycles. The molecule has 37 heavy (non-hydrogen) atoms. The lowest BCUT2D eigenvalue weighted by Crippen LogP contribution is -2.34. The van der Waals surface area contributed by atoms with Gasteiger partial charge in [-0.15, -0.1) is 0 Å². The molecule has 2 N–H and O–H groups in total. The summed E-state index contributed by atoms with van der Waals surface area (Å²) in [5, 5.41) is 16.3. The predicted octanol–water partition coefficient (Wildman–Crippen LogP) is 5.43. The summed E-state index contributed by atoms with van der Waals surface area (Å²) in [5.41, 5.74) is 2.71. The number of amides is 1. The Kier molecular flexibility index (Phi) is 8.41. The number of aromatic carboxylic acids is 1. The van der Waals surface area contributed by atoms with Gasteiger partial charge in [-0.3, -0.25) is 4.79 Å². The summed E-state index contributed by atoms with van der Waals surface area (Å²) in [6, 6.07) is 11.9.